The Bertz CT molecular complexity index is 608. The van der Waals surface area contributed by atoms with Crippen LogP contribution in [0, 0.1) is 32.1 Å². The average Bonchev–Trinajstić information content (AvgIpc) is 2.71. The molecule has 2 rings (SSSR count). The number of benzene rings is 1. The van der Waals surface area contributed by atoms with Gasteiger partial charge in [-0.25, -0.2) is 0 Å². The van der Waals surface area contributed by atoms with Gasteiger partial charge in [-0.2, -0.15) is 5.26 Å². The zero-order valence-corrected chi connectivity index (χ0v) is 12.6. The van der Waals surface area contributed by atoms with E-state index in [0.29, 0.717) is 13.0 Å². The average molecular weight is 285 g/mol. The number of nitriles is 1. The van der Waals surface area contributed by atoms with Crippen molar-refractivity contribution in [3.63, 3.8) is 0 Å². The van der Waals surface area contributed by atoms with Crippen molar-refractivity contribution in [2.75, 3.05) is 11.4 Å². The van der Waals surface area contributed by atoms with Crippen LogP contribution in [0.1, 0.15) is 29.5 Å². The lowest BCUT2D eigenvalue weighted by molar-refractivity contribution is -0.125. The van der Waals surface area contributed by atoms with Gasteiger partial charge in [0.1, 0.15) is 12.5 Å². The molecule has 1 N–H and O–H groups in total. The number of nitrogens with zero attached hydrogens (tertiary/aromatic N) is 2. The van der Waals surface area contributed by atoms with E-state index in [1.807, 2.05) is 20.8 Å². The maximum atomic E-state index is 12.5. The third-order valence-corrected chi connectivity index (χ3v) is 3.69. The van der Waals surface area contributed by atoms with Gasteiger partial charge in [-0.3, -0.25) is 9.59 Å². The van der Waals surface area contributed by atoms with Crippen molar-refractivity contribution < 1.29 is 9.59 Å². The minimum absolute atomic E-state index is 0.101. The largest absolute Gasteiger partial charge is 0.343 e. The van der Waals surface area contributed by atoms with E-state index in [1.54, 1.807) is 11.0 Å². The zero-order valence-electron chi connectivity index (χ0n) is 12.6. The molecule has 0 aliphatic carbocycles. The topological polar surface area (TPSA) is 73.2 Å². The van der Waals surface area contributed by atoms with Gasteiger partial charge in [0, 0.05) is 12.2 Å². The van der Waals surface area contributed by atoms with E-state index in [1.165, 1.54) is 5.56 Å². The third-order valence-electron chi connectivity index (χ3n) is 3.69. The Labute approximate surface area is 124 Å². The molecule has 0 aromatic heterocycles. The van der Waals surface area contributed by atoms with Crippen molar-refractivity contribution in [2.45, 2.75) is 39.7 Å². The zero-order chi connectivity index (χ0) is 15.6. The van der Waals surface area contributed by atoms with Gasteiger partial charge >= 0.3 is 0 Å². The Hall–Kier alpha value is -2.35. The fourth-order valence-corrected chi connectivity index (χ4v) is 2.95. The van der Waals surface area contributed by atoms with Gasteiger partial charge in [0.05, 0.1) is 6.07 Å². The first-order valence-electron chi connectivity index (χ1n) is 6.99. The number of amides is 2. The first-order valence-corrected chi connectivity index (χ1v) is 6.99. The van der Waals surface area contributed by atoms with Crippen molar-refractivity contribution >= 4 is 17.5 Å². The van der Waals surface area contributed by atoms with Gasteiger partial charge in [0.15, 0.2) is 0 Å². The van der Waals surface area contributed by atoms with Crippen LogP contribution in [0.2, 0.25) is 0 Å². The molecule has 110 valence electrons. The molecule has 0 saturated carbocycles. The number of anilines is 1. The van der Waals surface area contributed by atoms with Gasteiger partial charge in [-0.05, 0) is 38.3 Å². The normalized spacial score (nSPS) is 17.7. The van der Waals surface area contributed by atoms with Crippen molar-refractivity contribution in [3.8, 4) is 6.07 Å². The summed E-state index contributed by atoms with van der Waals surface area (Å²) in [7, 11) is 0. The predicted molar refractivity (Wildman–Crippen MR) is 79.8 cm³/mol. The highest BCUT2D eigenvalue weighted by molar-refractivity contribution is 6.02. The number of hydrogen-bond donors (Lipinski definition) is 1. The first-order chi connectivity index (χ1) is 9.93. The highest BCUT2D eigenvalue weighted by Crippen LogP contribution is 2.29. The SMILES string of the molecule is Cc1cc(C)c(N2CCC(NC(=O)CC#N)C2=O)c(C)c1. The van der Waals surface area contributed by atoms with Crippen LogP contribution in [0.25, 0.3) is 0 Å². The molecular formula is C16H19N3O2. The van der Waals surface area contributed by atoms with Gasteiger partial charge in [0.25, 0.3) is 0 Å². The Morgan fingerprint density at radius 1 is 1.38 bits per heavy atom. The molecule has 1 aromatic rings. The fraction of sp³-hybridized carbons (Fsp3) is 0.438. The molecule has 1 heterocycles. The van der Waals surface area contributed by atoms with Crippen LogP contribution < -0.4 is 10.2 Å². The quantitative estimate of drug-likeness (QED) is 0.919. The van der Waals surface area contributed by atoms with Crippen LogP contribution in [0.4, 0.5) is 5.69 Å². The number of nitrogens with one attached hydrogen (secondary N) is 1. The van der Waals surface area contributed by atoms with E-state index in [4.69, 9.17) is 5.26 Å². The van der Waals surface area contributed by atoms with Crippen LogP contribution in [0.5, 0.6) is 0 Å². The molecule has 0 radical (unpaired) electrons. The van der Waals surface area contributed by atoms with Gasteiger partial charge in [-0.1, -0.05) is 17.7 Å². The molecule has 1 aliphatic heterocycles. The number of carbonyl (C=O) groups excluding carboxylic acids is 2. The van der Waals surface area contributed by atoms with Crippen molar-refractivity contribution in [2.24, 2.45) is 0 Å². The lowest BCUT2D eigenvalue weighted by Gasteiger charge is -2.22. The third kappa shape index (κ3) is 3.05. The lowest BCUT2D eigenvalue weighted by Crippen LogP contribution is -2.41. The molecule has 5 heteroatoms. The summed E-state index contributed by atoms with van der Waals surface area (Å²) < 4.78 is 0. The van der Waals surface area contributed by atoms with E-state index in [2.05, 4.69) is 17.4 Å². The highest BCUT2D eigenvalue weighted by Gasteiger charge is 2.34. The summed E-state index contributed by atoms with van der Waals surface area (Å²) in [4.78, 5) is 25.7. The molecule has 5 nitrogen and oxygen atoms in total. The standard InChI is InChI=1S/C16H19N3O2/c1-10-8-11(2)15(12(3)9-10)19-7-5-13(16(19)21)18-14(20)4-6-17/h8-9,13H,4-5,7H2,1-3H3,(H,18,20). The van der Waals surface area contributed by atoms with E-state index >= 15 is 0 Å². The molecule has 1 atom stereocenters. The summed E-state index contributed by atoms with van der Waals surface area (Å²) in [5, 5.41) is 11.1. The second-order valence-electron chi connectivity index (χ2n) is 5.48. The second-order valence-corrected chi connectivity index (χ2v) is 5.48. The maximum absolute atomic E-state index is 12.5. The summed E-state index contributed by atoms with van der Waals surface area (Å²) in [6.45, 7) is 6.59. The number of rotatable bonds is 3. The van der Waals surface area contributed by atoms with E-state index in [-0.39, 0.29) is 12.3 Å². The van der Waals surface area contributed by atoms with Crippen molar-refractivity contribution in [1.82, 2.24) is 5.32 Å². The lowest BCUT2D eigenvalue weighted by atomic mass is 10.0. The molecule has 1 saturated heterocycles. The number of carbonyl (C=O) groups is 2. The molecule has 1 unspecified atom stereocenters. The van der Waals surface area contributed by atoms with E-state index in [9.17, 15) is 9.59 Å². The smallest absolute Gasteiger partial charge is 0.249 e. The minimum Gasteiger partial charge on any atom is -0.343 e. The second kappa shape index (κ2) is 5.96. The summed E-state index contributed by atoms with van der Waals surface area (Å²) >= 11 is 0. The molecule has 0 bridgehead atoms. The Morgan fingerprint density at radius 2 is 2.00 bits per heavy atom. The first kappa shape index (κ1) is 15.0. The van der Waals surface area contributed by atoms with Crippen molar-refractivity contribution in [1.29, 1.82) is 5.26 Å². The van der Waals surface area contributed by atoms with Crippen LogP contribution >= 0.6 is 0 Å². The molecule has 0 spiro atoms. The Kier molecular flexibility index (Phi) is 4.27. The Morgan fingerprint density at radius 3 is 2.57 bits per heavy atom. The summed E-state index contributed by atoms with van der Waals surface area (Å²) in [5.74, 6) is -0.494. The molecule has 1 aromatic carbocycles. The number of aryl methyl sites for hydroxylation is 3. The fourth-order valence-electron chi connectivity index (χ4n) is 2.95. The Balaban J connectivity index is 2.19. The van der Waals surface area contributed by atoms with Crippen LogP contribution in [0.15, 0.2) is 12.1 Å². The molecule has 1 fully saturated rings. The van der Waals surface area contributed by atoms with Gasteiger partial charge < -0.3 is 10.2 Å². The van der Waals surface area contributed by atoms with Gasteiger partial charge in [0.2, 0.25) is 11.8 Å². The molecule has 1 aliphatic rings. The summed E-state index contributed by atoms with van der Waals surface area (Å²) in [5.41, 5.74) is 4.22. The molecule has 2 amide bonds. The summed E-state index contributed by atoms with van der Waals surface area (Å²) in [6, 6.07) is 5.37. The van der Waals surface area contributed by atoms with Gasteiger partial charge in [-0.15, -0.1) is 0 Å². The van der Waals surface area contributed by atoms with Crippen molar-refractivity contribution in [3.05, 3.63) is 28.8 Å². The predicted octanol–water partition coefficient (Wildman–Crippen LogP) is 1.75. The summed E-state index contributed by atoms with van der Waals surface area (Å²) in [6.07, 6.45) is 0.356. The van der Waals surface area contributed by atoms with E-state index in [0.717, 1.165) is 16.8 Å². The van der Waals surface area contributed by atoms with Crippen LogP contribution in [-0.4, -0.2) is 24.4 Å². The molecule has 21 heavy (non-hydrogen) atoms. The minimum atomic E-state index is -0.522. The monoisotopic (exact) mass is 285 g/mol. The van der Waals surface area contributed by atoms with Crippen LogP contribution in [-0.2, 0) is 9.59 Å². The van der Waals surface area contributed by atoms with Crippen LogP contribution in [0.3, 0.4) is 0 Å². The van der Waals surface area contributed by atoms with E-state index < -0.39 is 11.9 Å². The molecular weight excluding hydrogens is 266 g/mol. The number of hydrogen-bond acceptors (Lipinski definition) is 3. The highest BCUT2D eigenvalue weighted by atomic mass is 16.2. The maximum Gasteiger partial charge on any atom is 0.249 e.